The molecule has 1 aromatic rings. The zero-order valence-electron chi connectivity index (χ0n) is 7.92. The van der Waals surface area contributed by atoms with Crippen LogP contribution in [-0.2, 0) is 11.2 Å². The summed E-state index contributed by atoms with van der Waals surface area (Å²) in [6.45, 7) is 2.10. The highest BCUT2D eigenvalue weighted by Crippen LogP contribution is 2.30. The Labute approximate surface area is 78.8 Å². The fraction of sp³-hybridized carbons (Fsp3) is 0.417. The van der Waals surface area contributed by atoms with Crippen LogP contribution in [0.2, 0.25) is 0 Å². The fourth-order valence-corrected chi connectivity index (χ4v) is 2.12. The third-order valence-electron chi connectivity index (χ3n) is 2.82. The van der Waals surface area contributed by atoms with Crippen molar-refractivity contribution in [3.8, 4) is 0 Å². The van der Waals surface area contributed by atoms with E-state index >= 15 is 0 Å². The molecule has 13 heavy (non-hydrogen) atoms. The smallest absolute Gasteiger partial charge is 0.127 e. The average Bonchev–Trinajstić information content (AvgIpc) is 2.16. The molecule has 0 spiro atoms. The summed E-state index contributed by atoms with van der Waals surface area (Å²) in [5.74, 6) is 0.157. The topological polar surface area (TPSA) is 17.1 Å². The number of carbonyl (C=O) groups is 1. The molecule has 1 atom stereocenters. The number of fused-ring (bicyclic) bond motifs is 1. The first-order valence-corrected chi connectivity index (χ1v) is 4.86. The van der Waals surface area contributed by atoms with Gasteiger partial charge in [0.2, 0.25) is 0 Å². The van der Waals surface area contributed by atoms with E-state index in [-0.39, 0.29) is 5.92 Å². The molecule has 0 fully saturated rings. The van der Waals surface area contributed by atoms with E-state index in [2.05, 4.69) is 25.1 Å². The van der Waals surface area contributed by atoms with E-state index in [9.17, 15) is 4.79 Å². The number of carbonyl (C=O) groups excluding carboxylic acids is 1. The van der Waals surface area contributed by atoms with E-state index < -0.39 is 0 Å². The highest BCUT2D eigenvalue weighted by atomic mass is 16.1. The Hall–Kier alpha value is -1.11. The van der Waals surface area contributed by atoms with Crippen molar-refractivity contribution in [1.82, 2.24) is 0 Å². The van der Waals surface area contributed by atoms with Gasteiger partial charge >= 0.3 is 0 Å². The maximum Gasteiger partial charge on any atom is 0.127 e. The lowest BCUT2D eigenvalue weighted by atomic mass is 9.83. The minimum absolute atomic E-state index is 0.157. The van der Waals surface area contributed by atoms with Gasteiger partial charge in [-0.15, -0.1) is 0 Å². The molecule has 0 aliphatic heterocycles. The Kier molecular flexibility index (Phi) is 2.17. The molecule has 0 heterocycles. The highest BCUT2D eigenvalue weighted by Gasteiger charge is 2.18. The van der Waals surface area contributed by atoms with Gasteiger partial charge in [0, 0.05) is 5.92 Å². The molecule has 2 rings (SSSR count). The summed E-state index contributed by atoms with van der Waals surface area (Å²) in [4.78, 5) is 10.8. The second-order valence-corrected chi connectivity index (χ2v) is 3.84. The Morgan fingerprint density at radius 3 is 3.08 bits per heavy atom. The summed E-state index contributed by atoms with van der Waals surface area (Å²) in [7, 11) is 0. The summed E-state index contributed by atoms with van der Waals surface area (Å²) >= 11 is 0. The first-order valence-electron chi connectivity index (χ1n) is 4.86. The van der Waals surface area contributed by atoms with Gasteiger partial charge in [-0.05, 0) is 37.3 Å². The minimum atomic E-state index is 0.157. The van der Waals surface area contributed by atoms with Crippen LogP contribution in [-0.4, -0.2) is 6.29 Å². The molecule has 0 saturated heterocycles. The van der Waals surface area contributed by atoms with Gasteiger partial charge in [-0.2, -0.15) is 0 Å². The van der Waals surface area contributed by atoms with Crippen LogP contribution in [0.25, 0.3) is 0 Å². The molecule has 0 amide bonds. The van der Waals surface area contributed by atoms with Crippen molar-refractivity contribution in [2.24, 2.45) is 0 Å². The van der Waals surface area contributed by atoms with E-state index in [1.54, 1.807) is 0 Å². The molecule has 0 aromatic heterocycles. The molecule has 1 aromatic carbocycles. The number of rotatable bonds is 1. The number of hydrogen-bond acceptors (Lipinski definition) is 1. The number of benzene rings is 1. The summed E-state index contributed by atoms with van der Waals surface area (Å²) in [5.41, 5.74) is 3.93. The maximum absolute atomic E-state index is 10.8. The Morgan fingerprint density at radius 1 is 1.46 bits per heavy atom. The molecule has 1 aliphatic rings. The van der Waals surface area contributed by atoms with E-state index in [0.29, 0.717) is 0 Å². The molecular formula is C12H14O. The largest absolute Gasteiger partial charge is 0.303 e. The van der Waals surface area contributed by atoms with E-state index in [4.69, 9.17) is 0 Å². The Bertz CT molecular complexity index is 328. The van der Waals surface area contributed by atoms with E-state index in [0.717, 1.165) is 25.5 Å². The third-order valence-corrected chi connectivity index (χ3v) is 2.82. The molecule has 0 radical (unpaired) electrons. The van der Waals surface area contributed by atoms with Crippen LogP contribution in [0.3, 0.4) is 0 Å². The standard InChI is InChI=1S/C12H14O/c1-9-5-6-12-10(7-9)3-2-4-11(12)8-13/h5-8,11H,2-4H2,1H3. The van der Waals surface area contributed by atoms with Gasteiger partial charge in [-0.1, -0.05) is 23.8 Å². The second kappa shape index (κ2) is 3.33. The molecule has 1 nitrogen and oxygen atoms in total. The van der Waals surface area contributed by atoms with Gasteiger partial charge < -0.3 is 4.79 Å². The van der Waals surface area contributed by atoms with Crippen LogP contribution in [0, 0.1) is 6.92 Å². The van der Waals surface area contributed by atoms with Crippen molar-refractivity contribution in [1.29, 1.82) is 0 Å². The maximum atomic E-state index is 10.8. The summed E-state index contributed by atoms with van der Waals surface area (Å²) in [6, 6.07) is 6.43. The Balaban J connectivity index is 2.45. The molecule has 0 N–H and O–H groups in total. The van der Waals surface area contributed by atoms with Crippen LogP contribution in [0.1, 0.15) is 35.4 Å². The lowest BCUT2D eigenvalue weighted by molar-refractivity contribution is -0.109. The molecule has 68 valence electrons. The van der Waals surface area contributed by atoms with Crippen LogP contribution in [0.5, 0.6) is 0 Å². The normalized spacial score (nSPS) is 20.8. The summed E-state index contributed by atoms with van der Waals surface area (Å²) in [5, 5.41) is 0. The predicted octanol–water partition coefficient (Wildman–Crippen LogP) is 2.61. The van der Waals surface area contributed by atoms with Crippen LogP contribution in [0.15, 0.2) is 18.2 Å². The molecule has 1 unspecified atom stereocenters. The van der Waals surface area contributed by atoms with Crippen molar-refractivity contribution < 1.29 is 4.79 Å². The van der Waals surface area contributed by atoms with Gasteiger partial charge in [-0.25, -0.2) is 0 Å². The average molecular weight is 174 g/mol. The first-order chi connectivity index (χ1) is 6.31. The van der Waals surface area contributed by atoms with E-state index in [1.807, 2.05) is 0 Å². The number of hydrogen-bond donors (Lipinski definition) is 0. The Morgan fingerprint density at radius 2 is 2.31 bits per heavy atom. The quantitative estimate of drug-likeness (QED) is 0.598. The summed E-state index contributed by atoms with van der Waals surface area (Å²) < 4.78 is 0. The number of aldehydes is 1. The second-order valence-electron chi connectivity index (χ2n) is 3.84. The van der Waals surface area contributed by atoms with Gasteiger partial charge in [0.1, 0.15) is 6.29 Å². The molecule has 0 bridgehead atoms. The van der Waals surface area contributed by atoms with Gasteiger partial charge in [-0.3, -0.25) is 0 Å². The van der Waals surface area contributed by atoms with Gasteiger partial charge in [0.25, 0.3) is 0 Å². The van der Waals surface area contributed by atoms with Crippen molar-refractivity contribution in [3.05, 3.63) is 34.9 Å². The third kappa shape index (κ3) is 1.51. The van der Waals surface area contributed by atoms with Crippen molar-refractivity contribution in [3.63, 3.8) is 0 Å². The molecule has 0 saturated carbocycles. The lowest BCUT2D eigenvalue weighted by Gasteiger charge is -2.21. The van der Waals surface area contributed by atoms with Crippen LogP contribution in [0.4, 0.5) is 0 Å². The number of aryl methyl sites for hydroxylation is 2. The zero-order valence-corrected chi connectivity index (χ0v) is 7.92. The first kappa shape index (κ1) is 8.49. The predicted molar refractivity (Wildman–Crippen MR) is 52.9 cm³/mol. The van der Waals surface area contributed by atoms with Crippen molar-refractivity contribution in [2.45, 2.75) is 32.1 Å². The molecule has 1 heteroatoms. The minimum Gasteiger partial charge on any atom is -0.303 e. The lowest BCUT2D eigenvalue weighted by Crippen LogP contribution is -2.10. The van der Waals surface area contributed by atoms with Crippen molar-refractivity contribution in [2.75, 3.05) is 0 Å². The molecular weight excluding hydrogens is 160 g/mol. The zero-order chi connectivity index (χ0) is 9.26. The van der Waals surface area contributed by atoms with E-state index in [1.165, 1.54) is 16.7 Å². The molecule has 1 aliphatic carbocycles. The fourth-order valence-electron chi connectivity index (χ4n) is 2.12. The van der Waals surface area contributed by atoms with Gasteiger partial charge in [0.15, 0.2) is 0 Å². The van der Waals surface area contributed by atoms with Crippen molar-refractivity contribution >= 4 is 6.29 Å². The monoisotopic (exact) mass is 174 g/mol. The van der Waals surface area contributed by atoms with Gasteiger partial charge in [0.05, 0.1) is 0 Å². The summed E-state index contributed by atoms with van der Waals surface area (Å²) in [6.07, 6.45) is 4.41. The van der Waals surface area contributed by atoms with Crippen LogP contribution >= 0.6 is 0 Å². The SMILES string of the molecule is Cc1ccc2c(c1)CCCC2C=O. The van der Waals surface area contributed by atoms with Crippen LogP contribution < -0.4 is 0 Å². The highest BCUT2D eigenvalue weighted by molar-refractivity contribution is 5.64.